The Morgan fingerprint density at radius 2 is 1.89 bits per heavy atom. The predicted molar refractivity (Wildman–Crippen MR) is 73.4 cm³/mol. The Balaban J connectivity index is 1.92. The minimum atomic E-state index is 0.101. The minimum absolute atomic E-state index is 0.101. The van der Waals surface area contributed by atoms with Crippen LogP contribution in [0.2, 0.25) is 0 Å². The van der Waals surface area contributed by atoms with Gasteiger partial charge in [-0.2, -0.15) is 5.10 Å². The number of aryl methyl sites for hydroxylation is 1. The molecular weight excluding hydrogens is 222 g/mol. The van der Waals surface area contributed by atoms with Crippen LogP contribution in [0, 0.1) is 0 Å². The Kier molecular flexibility index (Phi) is 2.82. The first kappa shape index (κ1) is 11.3. The van der Waals surface area contributed by atoms with E-state index in [1.807, 2.05) is 24.1 Å². The Labute approximate surface area is 108 Å². The molecule has 1 fully saturated rings. The first-order valence-electron chi connectivity index (χ1n) is 6.61. The Bertz CT molecular complexity index is 510. The molecule has 0 bridgehead atoms. The number of benzene rings is 1. The van der Waals surface area contributed by atoms with Crippen LogP contribution in [-0.2, 0) is 12.6 Å². The SMILES string of the molecule is Cn1cc(NC2(c3ccccc3)CCCC2)cn1. The average Bonchev–Trinajstić information content (AvgIpc) is 3.01. The van der Waals surface area contributed by atoms with Crippen molar-refractivity contribution in [2.75, 3.05) is 5.32 Å². The molecule has 0 amide bonds. The third-order valence-electron chi connectivity index (χ3n) is 3.87. The first-order valence-corrected chi connectivity index (χ1v) is 6.61. The molecule has 1 aliphatic carbocycles. The zero-order valence-electron chi connectivity index (χ0n) is 10.8. The van der Waals surface area contributed by atoms with Gasteiger partial charge in [-0.25, -0.2) is 0 Å². The maximum atomic E-state index is 4.24. The quantitative estimate of drug-likeness (QED) is 0.893. The molecule has 1 aliphatic rings. The van der Waals surface area contributed by atoms with E-state index in [1.54, 1.807) is 0 Å². The zero-order valence-corrected chi connectivity index (χ0v) is 10.8. The van der Waals surface area contributed by atoms with Crippen molar-refractivity contribution < 1.29 is 0 Å². The summed E-state index contributed by atoms with van der Waals surface area (Å²) in [4.78, 5) is 0. The van der Waals surface area contributed by atoms with Crippen LogP contribution in [0.25, 0.3) is 0 Å². The molecule has 2 aromatic rings. The van der Waals surface area contributed by atoms with Crippen LogP contribution in [0.3, 0.4) is 0 Å². The van der Waals surface area contributed by atoms with Gasteiger partial charge in [-0.15, -0.1) is 0 Å². The summed E-state index contributed by atoms with van der Waals surface area (Å²) in [6, 6.07) is 10.8. The molecule has 0 atom stereocenters. The molecule has 0 unspecified atom stereocenters. The van der Waals surface area contributed by atoms with E-state index in [2.05, 4.69) is 40.7 Å². The van der Waals surface area contributed by atoms with E-state index in [-0.39, 0.29) is 5.54 Å². The van der Waals surface area contributed by atoms with Gasteiger partial charge in [0.1, 0.15) is 0 Å². The number of hydrogen-bond acceptors (Lipinski definition) is 2. The van der Waals surface area contributed by atoms with E-state index in [0.717, 1.165) is 5.69 Å². The van der Waals surface area contributed by atoms with Crippen LogP contribution in [0.1, 0.15) is 31.2 Å². The van der Waals surface area contributed by atoms with Crippen molar-refractivity contribution in [2.45, 2.75) is 31.2 Å². The predicted octanol–water partition coefficient (Wildman–Crippen LogP) is 3.30. The number of nitrogens with zero attached hydrogens (tertiary/aromatic N) is 2. The molecule has 1 heterocycles. The number of rotatable bonds is 3. The zero-order chi connectivity index (χ0) is 12.4. The van der Waals surface area contributed by atoms with Gasteiger partial charge in [0.15, 0.2) is 0 Å². The summed E-state index contributed by atoms with van der Waals surface area (Å²) >= 11 is 0. The summed E-state index contributed by atoms with van der Waals surface area (Å²) in [6.07, 6.45) is 8.94. The smallest absolute Gasteiger partial charge is 0.0733 e. The fraction of sp³-hybridized carbons (Fsp3) is 0.400. The van der Waals surface area contributed by atoms with E-state index in [1.165, 1.54) is 31.2 Å². The highest BCUT2D eigenvalue weighted by atomic mass is 15.3. The highest BCUT2D eigenvalue weighted by Crippen LogP contribution is 2.41. The fourth-order valence-electron chi connectivity index (χ4n) is 2.98. The molecule has 1 aromatic heterocycles. The second-order valence-electron chi connectivity index (χ2n) is 5.18. The van der Waals surface area contributed by atoms with E-state index >= 15 is 0 Å². The molecule has 3 heteroatoms. The minimum Gasteiger partial charge on any atom is -0.373 e. The second kappa shape index (κ2) is 4.48. The fourth-order valence-corrected chi connectivity index (χ4v) is 2.98. The summed E-state index contributed by atoms with van der Waals surface area (Å²) in [6.45, 7) is 0. The third-order valence-corrected chi connectivity index (χ3v) is 3.87. The van der Waals surface area contributed by atoms with Crippen molar-refractivity contribution >= 4 is 5.69 Å². The molecule has 18 heavy (non-hydrogen) atoms. The van der Waals surface area contributed by atoms with Gasteiger partial charge in [-0.3, -0.25) is 4.68 Å². The molecule has 1 aromatic carbocycles. The van der Waals surface area contributed by atoms with Gasteiger partial charge in [0.25, 0.3) is 0 Å². The van der Waals surface area contributed by atoms with Gasteiger partial charge in [-0.05, 0) is 18.4 Å². The van der Waals surface area contributed by atoms with Crippen molar-refractivity contribution in [1.29, 1.82) is 0 Å². The van der Waals surface area contributed by atoms with Crippen molar-refractivity contribution in [3.05, 3.63) is 48.3 Å². The van der Waals surface area contributed by atoms with Crippen LogP contribution in [-0.4, -0.2) is 9.78 Å². The lowest BCUT2D eigenvalue weighted by Gasteiger charge is -2.31. The largest absolute Gasteiger partial charge is 0.373 e. The first-order chi connectivity index (χ1) is 8.78. The van der Waals surface area contributed by atoms with Crippen LogP contribution in [0.4, 0.5) is 5.69 Å². The third kappa shape index (κ3) is 2.01. The van der Waals surface area contributed by atoms with E-state index in [4.69, 9.17) is 0 Å². The summed E-state index contributed by atoms with van der Waals surface area (Å²) in [5, 5.41) is 7.95. The van der Waals surface area contributed by atoms with Crippen LogP contribution >= 0.6 is 0 Å². The van der Waals surface area contributed by atoms with E-state index in [0.29, 0.717) is 0 Å². The summed E-state index contributed by atoms with van der Waals surface area (Å²) in [5.74, 6) is 0. The standard InChI is InChI=1S/C15H19N3/c1-18-12-14(11-16-18)17-15(9-5-6-10-15)13-7-3-2-4-8-13/h2-4,7-8,11-12,17H,5-6,9-10H2,1H3. The van der Waals surface area contributed by atoms with Crippen molar-refractivity contribution in [2.24, 2.45) is 7.05 Å². The molecule has 0 spiro atoms. The Morgan fingerprint density at radius 3 is 2.50 bits per heavy atom. The lowest BCUT2D eigenvalue weighted by molar-refractivity contribution is 0.509. The van der Waals surface area contributed by atoms with Gasteiger partial charge in [0.05, 0.1) is 17.4 Å². The van der Waals surface area contributed by atoms with Gasteiger partial charge >= 0.3 is 0 Å². The van der Waals surface area contributed by atoms with Crippen LogP contribution in [0.15, 0.2) is 42.7 Å². The molecule has 0 radical (unpaired) electrons. The van der Waals surface area contributed by atoms with E-state index in [9.17, 15) is 0 Å². The number of anilines is 1. The van der Waals surface area contributed by atoms with Gasteiger partial charge in [-0.1, -0.05) is 43.2 Å². The maximum Gasteiger partial charge on any atom is 0.0733 e. The molecule has 3 nitrogen and oxygen atoms in total. The monoisotopic (exact) mass is 241 g/mol. The number of nitrogens with one attached hydrogen (secondary N) is 1. The van der Waals surface area contributed by atoms with Gasteiger partial charge < -0.3 is 5.32 Å². The lowest BCUT2D eigenvalue weighted by atomic mass is 9.88. The van der Waals surface area contributed by atoms with Gasteiger partial charge in [0.2, 0.25) is 0 Å². The molecule has 94 valence electrons. The van der Waals surface area contributed by atoms with Crippen molar-refractivity contribution in [3.63, 3.8) is 0 Å². The molecular formula is C15H19N3. The van der Waals surface area contributed by atoms with Crippen molar-refractivity contribution in [1.82, 2.24) is 9.78 Å². The van der Waals surface area contributed by atoms with E-state index < -0.39 is 0 Å². The number of hydrogen-bond donors (Lipinski definition) is 1. The topological polar surface area (TPSA) is 29.9 Å². The molecule has 0 saturated heterocycles. The molecule has 1 N–H and O–H groups in total. The summed E-state index contributed by atoms with van der Waals surface area (Å²) < 4.78 is 1.84. The summed E-state index contributed by atoms with van der Waals surface area (Å²) in [5.41, 5.74) is 2.61. The molecule has 1 saturated carbocycles. The normalized spacial score (nSPS) is 17.8. The highest BCUT2D eigenvalue weighted by Gasteiger charge is 2.35. The lowest BCUT2D eigenvalue weighted by Crippen LogP contribution is -2.31. The van der Waals surface area contributed by atoms with Gasteiger partial charge in [0, 0.05) is 13.2 Å². The Hall–Kier alpha value is -1.77. The summed E-state index contributed by atoms with van der Waals surface area (Å²) in [7, 11) is 1.95. The number of aromatic nitrogens is 2. The van der Waals surface area contributed by atoms with Crippen molar-refractivity contribution in [3.8, 4) is 0 Å². The maximum absolute atomic E-state index is 4.24. The average molecular weight is 241 g/mol. The van der Waals surface area contributed by atoms with Crippen LogP contribution < -0.4 is 5.32 Å². The molecule has 3 rings (SSSR count). The van der Waals surface area contributed by atoms with Crippen LogP contribution in [0.5, 0.6) is 0 Å². The Morgan fingerprint density at radius 1 is 1.17 bits per heavy atom. The second-order valence-corrected chi connectivity index (χ2v) is 5.18. The molecule has 0 aliphatic heterocycles. The highest BCUT2D eigenvalue weighted by molar-refractivity contribution is 5.45.